The molecule has 14 heavy (non-hydrogen) atoms. The van der Waals surface area contributed by atoms with Crippen LogP contribution in [0.25, 0.3) is 0 Å². The molecule has 1 heterocycles. The van der Waals surface area contributed by atoms with Gasteiger partial charge in [-0.05, 0) is 18.1 Å². The lowest BCUT2D eigenvalue weighted by molar-refractivity contribution is -0.117. The molecule has 2 N–H and O–H groups in total. The number of carbonyl (C=O) groups is 1. The third-order valence-corrected chi connectivity index (χ3v) is 1.65. The maximum atomic E-state index is 10.5. The third-order valence-electron chi connectivity index (χ3n) is 1.65. The summed E-state index contributed by atoms with van der Waals surface area (Å²) in [4.78, 5) is 14.6. The fourth-order valence-corrected chi connectivity index (χ4v) is 0.947. The minimum absolute atomic E-state index is 0. The maximum absolute atomic E-state index is 10.5. The zero-order valence-electron chi connectivity index (χ0n) is 9.08. The molecule has 0 saturated carbocycles. The first-order valence-electron chi connectivity index (χ1n) is 4.94. The van der Waals surface area contributed by atoms with Crippen molar-refractivity contribution in [2.45, 2.75) is 33.6 Å². The van der Waals surface area contributed by atoms with E-state index in [0.717, 1.165) is 12.1 Å². The lowest BCUT2D eigenvalue weighted by atomic mass is 10.2. The Kier molecular flexibility index (Phi) is 6.37. The Morgan fingerprint density at radius 2 is 2.14 bits per heavy atom. The Morgan fingerprint density at radius 1 is 1.50 bits per heavy atom. The van der Waals surface area contributed by atoms with Crippen LogP contribution in [0.3, 0.4) is 0 Å². The van der Waals surface area contributed by atoms with Crippen molar-refractivity contribution in [2.24, 2.45) is 5.73 Å². The largest absolute Gasteiger partial charge is 0.369 e. The van der Waals surface area contributed by atoms with Crippen LogP contribution in [-0.2, 0) is 17.6 Å². The molecule has 3 nitrogen and oxygen atoms in total. The Labute approximate surface area is 86.8 Å². The van der Waals surface area contributed by atoms with Crippen LogP contribution in [0.15, 0.2) is 18.3 Å². The standard InChI is InChI=1S/C9H12N2O.C2H6.H2/c1-2-7-3-4-8(11-6-7)5-9(10)12;1-2;/h3-4,6H,2,5H2,1H3,(H2,10,12);1-2H3;1H. The van der Waals surface area contributed by atoms with E-state index in [1.807, 2.05) is 26.0 Å². The van der Waals surface area contributed by atoms with Crippen LogP contribution in [0.1, 0.15) is 33.5 Å². The van der Waals surface area contributed by atoms with Gasteiger partial charge in [-0.25, -0.2) is 0 Å². The number of aromatic nitrogens is 1. The number of rotatable bonds is 3. The van der Waals surface area contributed by atoms with Crippen LogP contribution in [0.4, 0.5) is 0 Å². The molecule has 0 atom stereocenters. The summed E-state index contributed by atoms with van der Waals surface area (Å²) in [5.41, 5.74) is 6.92. The molecule has 1 rings (SSSR count). The Bertz CT molecular complexity index is 272. The zero-order chi connectivity index (χ0) is 11.0. The van der Waals surface area contributed by atoms with Gasteiger partial charge in [0.25, 0.3) is 0 Å². The van der Waals surface area contributed by atoms with Crippen molar-refractivity contribution in [1.29, 1.82) is 0 Å². The van der Waals surface area contributed by atoms with Crippen molar-refractivity contribution in [3.8, 4) is 0 Å². The van der Waals surface area contributed by atoms with Gasteiger partial charge in [-0.1, -0.05) is 26.8 Å². The van der Waals surface area contributed by atoms with Gasteiger partial charge in [-0.3, -0.25) is 9.78 Å². The Hall–Kier alpha value is -1.38. The van der Waals surface area contributed by atoms with Crippen molar-refractivity contribution >= 4 is 5.91 Å². The predicted molar refractivity (Wildman–Crippen MR) is 60.0 cm³/mol. The lowest BCUT2D eigenvalue weighted by Crippen LogP contribution is -2.14. The molecular formula is C11H20N2O. The van der Waals surface area contributed by atoms with Gasteiger partial charge in [0.15, 0.2) is 0 Å². The average molecular weight is 196 g/mol. The summed E-state index contributed by atoms with van der Waals surface area (Å²) in [5.74, 6) is -0.341. The molecule has 0 bridgehead atoms. The van der Waals surface area contributed by atoms with Crippen LogP contribution in [0.5, 0.6) is 0 Å². The molecule has 0 spiro atoms. The second-order valence-electron chi connectivity index (χ2n) is 2.65. The van der Waals surface area contributed by atoms with Crippen LogP contribution in [-0.4, -0.2) is 10.9 Å². The molecule has 0 aromatic carbocycles. The minimum atomic E-state index is -0.341. The summed E-state index contributed by atoms with van der Waals surface area (Å²) < 4.78 is 0. The van der Waals surface area contributed by atoms with E-state index in [1.165, 1.54) is 5.56 Å². The predicted octanol–water partition coefficient (Wildman–Crippen LogP) is 1.94. The molecule has 1 amide bonds. The summed E-state index contributed by atoms with van der Waals surface area (Å²) in [6, 6.07) is 3.80. The number of primary amides is 1. The van der Waals surface area contributed by atoms with Gasteiger partial charge in [-0.2, -0.15) is 0 Å². The first-order chi connectivity index (χ1) is 6.72. The molecule has 0 aliphatic heterocycles. The summed E-state index contributed by atoms with van der Waals surface area (Å²) >= 11 is 0. The molecular weight excluding hydrogens is 176 g/mol. The molecule has 0 aliphatic rings. The first-order valence-corrected chi connectivity index (χ1v) is 4.94. The molecule has 1 aromatic rings. The van der Waals surface area contributed by atoms with E-state index in [-0.39, 0.29) is 13.8 Å². The van der Waals surface area contributed by atoms with Crippen molar-refractivity contribution < 1.29 is 6.22 Å². The molecule has 3 heteroatoms. The summed E-state index contributed by atoms with van der Waals surface area (Å²) in [5, 5.41) is 0. The number of hydrogen-bond acceptors (Lipinski definition) is 2. The van der Waals surface area contributed by atoms with Crippen LogP contribution in [0, 0.1) is 0 Å². The zero-order valence-corrected chi connectivity index (χ0v) is 9.08. The second kappa shape index (κ2) is 7.06. The fraction of sp³-hybridized carbons (Fsp3) is 0.455. The van der Waals surface area contributed by atoms with Gasteiger partial charge in [0.2, 0.25) is 5.91 Å². The highest BCUT2D eigenvalue weighted by Gasteiger charge is 1.98. The smallest absolute Gasteiger partial charge is 0.223 e. The van der Waals surface area contributed by atoms with Crippen molar-refractivity contribution in [2.75, 3.05) is 0 Å². The van der Waals surface area contributed by atoms with Gasteiger partial charge in [-0.15, -0.1) is 0 Å². The van der Waals surface area contributed by atoms with Gasteiger partial charge < -0.3 is 5.73 Å². The monoisotopic (exact) mass is 196 g/mol. The molecule has 80 valence electrons. The molecule has 0 radical (unpaired) electrons. The van der Waals surface area contributed by atoms with E-state index in [9.17, 15) is 4.79 Å². The number of nitrogens with zero attached hydrogens (tertiary/aromatic N) is 1. The normalized spacial score (nSPS) is 8.79. The highest BCUT2D eigenvalue weighted by Crippen LogP contribution is 2.00. The van der Waals surface area contributed by atoms with Gasteiger partial charge in [0, 0.05) is 13.3 Å². The Morgan fingerprint density at radius 3 is 2.50 bits per heavy atom. The van der Waals surface area contributed by atoms with E-state index in [0.29, 0.717) is 0 Å². The summed E-state index contributed by atoms with van der Waals surface area (Å²) in [7, 11) is 0. The maximum Gasteiger partial charge on any atom is 0.223 e. The minimum Gasteiger partial charge on any atom is -0.369 e. The van der Waals surface area contributed by atoms with Crippen LogP contribution < -0.4 is 5.73 Å². The number of aryl methyl sites for hydroxylation is 1. The van der Waals surface area contributed by atoms with E-state index in [2.05, 4.69) is 11.9 Å². The van der Waals surface area contributed by atoms with Crippen LogP contribution >= 0.6 is 0 Å². The lowest BCUT2D eigenvalue weighted by Gasteiger charge is -1.98. The van der Waals surface area contributed by atoms with Crippen LogP contribution in [0.2, 0.25) is 0 Å². The van der Waals surface area contributed by atoms with Gasteiger partial charge >= 0.3 is 0 Å². The number of carbonyl (C=O) groups excluding carboxylic acids is 1. The number of hydrogen-bond donors (Lipinski definition) is 1. The number of amides is 1. The summed E-state index contributed by atoms with van der Waals surface area (Å²) in [6.07, 6.45) is 2.96. The molecule has 0 aliphatic carbocycles. The van der Waals surface area contributed by atoms with E-state index < -0.39 is 0 Å². The average Bonchev–Trinajstić information content (AvgIpc) is 2.21. The second-order valence-corrected chi connectivity index (χ2v) is 2.65. The first kappa shape index (κ1) is 12.6. The fourth-order valence-electron chi connectivity index (χ4n) is 0.947. The molecule has 0 saturated heterocycles. The topological polar surface area (TPSA) is 56.0 Å². The SMILES string of the molecule is CC.CCc1ccc(CC(N)=O)nc1.[HH]. The third kappa shape index (κ3) is 4.60. The van der Waals surface area contributed by atoms with Crippen molar-refractivity contribution in [3.63, 3.8) is 0 Å². The van der Waals surface area contributed by atoms with E-state index >= 15 is 0 Å². The van der Waals surface area contributed by atoms with Gasteiger partial charge in [0.1, 0.15) is 0 Å². The number of pyridine rings is 1. The van der Waals surface area contributed by atoms with E-state index in [4.69, 9.17) is 5.73 Å². The quantitative estimate of drug-likeness (QED) is 0.803. The van der Waals surface area contributed by atoms with Crippen molar-refractivity contribution in [1.82, 2.24) is 4.98 Å². The summed E-state index contributed by atoms with van der Waals surface area (Å²) in [6.45, 7) is 6.06. The van der Waals surface area contributed by atoms with Crippen molar-refractivity contribution in [3.05, 3.63) is 29.6 Å². The van der Waals surface area contributed by atoms with Gasteiger partial charge in [0.05, 0.1) is 6.42 Å². The van der Waals surface area contributed by atoms with E-state index in [1.54, 1.807) is 6.20 Å². The molecule has 0 fully saturated rings. The number of nitrogens with two attached hydrogens (primary N) is 1. The molecule has 0 unspecified atom stereocenters. The molecule has 1 aromatic heterocycles. The highest BCUT2D eigenvalue weighted by atomic mass is 16.1. The highest BCUT2D eigenvalue weighted by molar-refractivity contribution is 5.76. The Balaban J connectivity index is 0.